The first-order valence-corrected chi connectivity index (χ1v) is 5.81. The van der Waals surface area contributed by atoms with Gasteiger partial charge in [-0.25, -0.2) is 0 Å². The van der Waals surface area contributed by atoms with Crippen LogP contribution in [0.4, 0.5) is 0 Å². The maximum Gasteiger partial charge on any atom is 0.0870 e. The summed E-state index contributed by atoms with van der Waals surface area (Å²) < 4.78 is 5.31. The maximum atomic E-state index is 9.18. The summed E-state index contributed by atoms with van der Waals surface area (Å²) in [6, 6.07) is 10.2. The summed E-state index contributed by atoms with van der Waals surface area (Å²) in [6.07, 6.45) is 0.501. The molecule has 0 unspecified atom stereocenters. The molecule has 0 aliphatic heterocycles. The van der Waals surface area contributed by atoms with Gasteiger partial charge in [0.15, 0.2) is 0 Å². The molecule has 78 valence electrons. The van der Waals surface area contributed by atoms with Crippen molar-refractivity contribution in [2.75, 3.05) is 18.5 Å². The number of ether oxygens (including phenoxy) is 1. The van der Waals surface area contributed by atoms with Gasteiger partial charge >= 0.3 is 0 Å². The highest BCUT2D eigenvalue weighted by atomic mass is 79.9. The topological polar surface area (TPSA) is 29.5 Å². The number of halogens is 1. The number of alkyl halides is 1. The molecular formula is C11H15BrO2. The van der Waals surface area contributed by atoms with E-state index < -0.39 is 6.10 Å². The fourth-order valence-corrected chi connectivity index (χ4v) is 1.29. The lowest BCUT2D eigenvalue weighted by atomic mass is 10.2. The second-order valence-electron chi connectivity index (χ2n) is 3.12. The van der Waals surface area contributed by atoms with E-state index in [1.807, 2.05) is 18.2 Å². The quantitative estimate of drug-likeness (QED) is 0.625. The number of benzene rings is 1. The molecule has 1 aromatic rings. The summed E-state index contributed by atoms with van der Waals surface area (Å²) in [6.45, 7) is 1.06. The van der Waals surface area contributed by atoms with E-state index in [0.717, 1.165) is 6.42 Å². The van der Waals surface area contributed by atoms with Crippen LogP contribution in [0, 0.1) is 0 Å². The molecule has 1 rings (SSSR count). The van der Waals surface area contributed by atoms with Crippen LogP contribution in [0.3, 0.4) is 0 Å². The van der Waals surface area contributed by atoms with Crippen LogP contribution in [0.15, 0.2) is 30.3 Å². The van der Waals surface area contributed by atoms with E-state index in [0.29, 0.717) is 18.5 Å². The summed E-state index contributed by atoms with van der Waals surface area (Å²) >= 11 is 3.18. The molecule has 0 aliphatic carbocycles. The van der Waals surface area contributed by atoms with E-state index in [9.17, 15) is 5.11 Å². The van der Waals surface area contributed by atoms with E-state index in [1.54, 1.807) is 0 Å². The van der Waals surface area contributed by atoms with Gasteiger partial charge in [-0.05, 0) is 12.0 Å². The van der Waals surface area contributed by atoms with Crippen molar-refractivity contribution in [1.29, 1.82) is 0 Å². The highest BCUT2D eigenvalue weighted by molar-refractivity contribution is 9.09. The van der Waals surface area contributed by atoms with Gasteiger partial charge in [-0.2, -0.15) is 0 Å². The lowest BCUT2D eigenvalue weighted by Gasteiger charge is -2.07. The number of rotatable bonds is 6. The van der Waals surface area contributed by atoms with Crippen molar-refractivity contribution in [2.24, 2.45) is 0 Å². The van der Waals surface area contributed by atoms with Crippen molar-refractivity contribution in [3.8, 4) is 0 Å². The normalized spacial score (nSPS) is 12.7. The number of hydrogen-bond donors (Lipinski definition) is 1. The Kier molecular flexibility index (Phi) is 5.83. The Morgan fingerprint density at radius 1 is 1.29 bits per heavy atom. The smallest absolute Gasteiger partial charge is 0.0870 e. The maximum absolute atomic E-state index is 9.18. The predicted octanol–water partition coefficient (Wildman–Crippen LogP) is 2.00. The van der Waals surface area contributed by atoms with E-state index in [1.165, 1.54) is 5.56 Å². The minimum atomic E-state index is -0.397. The zero-order valence-corrected chi connectivity index (χ0v) is 9.61. The van der Waals surface area contributed by atoms with Gasteiger partial charge < -0.3 is 9.84 Å². The van der Waals surface area contributed by atoms with Gasteiger partial charge in [-0.15, -0.1) is 0 Å². The molecular weight excluding hydrogens is 244 g/mol. The Bertz CT molecular complexity index is 238. The molecule has 0 fully saturated rings. The van der Waals surface area contributed by atoms with Gasteiger partial charge in [0.05, 0.1) is 19.3 Å². The third-order valence-electron chi connectivity index (χ3n) is 1.87. The average Bonchev–Trinajstić information content (AvgIpc) is 2.25. The van der Waals surface area contributed by atoms with Crippen LogP contribution < -0.4 is 0 Å². The van der Waals surface area contributed by atoms with Crippen LogP contribution in [0.5, 0.6) is 0 Å². The van der Waals surface area contributed by atoms with Gasteiger partial charge in [-0.1, -0.05) is 46.3 Å². The van der Waals surface area contributed by atoms with E-state index in [-0.39, 0.29) is 0 Å². The van der Waals surface area contributed by atoms with Crippen molar-refractivity contribution in [3.05, 3.63) is 35.9 Å². The van der Waals surface area contributed by atoms with Gasteiger partial charge in [-0.3, -0.25) is 0 Å². The molecule has 1 aromatic carbocycles. The molecule has 0 amide bonds. The molecule has 2 nitrogen and oxygen atoms in total. The average molecular weight is 259 g/mol. The second-order valence-corrected chi connectivity index (χ2v) is 3.77. The van der Waals surface area contributed by atoms with Crippen LogP contribution in [0.1, 0.15) is 5.56 Å². The SMILES string of the molecule is O[C@H](CBr)COCCc1ccccc1. The van der Waals surface area contributed by atoms with Crippen molar-refractivity contribution >= 4 is 15.9 Å². The van der Waals surface area contributed by atoms with Crippen molar-refractivity contribution < 1.29 is 9.84 Å². The summed E-state index contributed by atoms with van der Waals surface area (Å²) in [7, 11) is 0. The fraction of sp³-hybridized carbons (Fsp3) is 0.455. The molecule has 3 heteroatoms. The first-order chi connectivity index (χ1) is 6.83. The molecule has 0 spiro atoms. The molecule has 1 atom stereocenters. The number of aliphatic hydroxyl groups excluding tert-OH is 1. The molecule has 0 saturated carbocycles. The molecule has 14 heavy (non-hydrogen) atoms. The van der Waals surface area contributed by atoms with Gasteiger partial charge in [0.2, 0.25) is 0 Å². The monoisotopic (exact) mass is 258 g/mol. The van der Waals surface area contributed by atoms with E-state index in [4.69, 9.17) is 4.74 Å². The third kappa shape index (κ3) is 4.74. The molecule has 1 N–H and O–H groups in total. The lowest BCUT2D eigenvalue weighted by Crippen LogP contribution is -2.17. The van der Waals surface area contributed by atoms with Crippen LogP contribution in [0.2, 0.25) is 0 Å². The molecule has 0 aromatic heterocycles. The van der Waals surface area contributed by atoms with Crippen molar-refractivity contribution in [3.63, 3.8) is 0 Å². The largest absolute Gasteiger partial charge is 0.390 e. The summed E-state index contributed by atoms with van der Waals surface area (Å²) in [4.78, 5) is 0. The Labute approximate surface area is 93.0 Å². The first-order valence-electron chi connectivity index (χ1n) is 4.68. The minimum absolute atomic E-state index is 0.397. The summed E-state index contributed by atoms with van der Waals surface area (Å²) in [5.41, 5.74) is 1.26. The van der Waals surface area contributed by atoms with Crippen molar-refractivity contribution in [1.82, 2.24) is 0 Å². The Morgan fingerprint density at radius 2 is 2.00 bits per heavy atom. The van der Waals surface area contributed by atoms with Gasteiger partial charge in [0.25, 0.3) is 0 Å². The number of hydrogen-bond acceptors (Lipinski definition) is 2. The zero-order chi connectivity index (χ0) is 10.2. The van der Waals surface area contributed by atoms with Crippen molar-refractivity contribution in [2.45, 2.75) is 12.5 Å². The Balaban J connectivity index is 2.10. The third-order valence-corrected chi connectivity index (χ3v) is 2.61. The fourth-order valence-electron chi connectivity index (χ4n) is 1.10. The summed E-state index contributed by atoms with van der Waals surface area (Å²) in [5, 5.41) is 9.75. The van der Waals surface area contributed by atoms with Crippen LogP contribution in [-0.2, 0) is 11.2 Å². The predicted molar refractivity (Wildman–Crippen MR) is 60.8 cm³/mol. The highest BCUT2D eigenvalue weighted by Crippen LogP contribution is 2.00. The van der Waals surface area contributed by atoms with E-state index >= 15 is 0 Å². The first kappa shape index (κ1) is 11.7. The Hall–Kier alpha value is -0.380. The molecule has 0 saturated heterocycles. The molecule has 0 radical (unpaired) electrons. The van der Waals surface area contributed by atoms with Crippen LogP contribution >= 0.6 is 15.9 Å². The zero-order valence-electron chi connectivity index (χ0n) is 8.03. The number of aliphatic hydroxyl groups is 1. The van der Waals surface area contributed by atoms with Crippen LogP contribution in [-0.4, -0.2) is 29.8 Å². The molecule has 0 heterocycles. The lowest BCUT2D eigenvalue weighted by molar-refractivity contribution is 0.0506. The molecule has 0 aliphatic rings. The van der Waals surface area contributed by atoms with Gasteiger partial charge in [0, 0.05) is 5.33 Å². The second kappa shape index (κ2) is 6.98. The standard InChI is InChI=1S/C11H15BrO2/c12-8-11(13)9-14-7-6-10-4-2-1-3-5-10/h1-5,11,13H,6-9H2/t11-/m1/s1. The summed E-state index contributed by atoms with van der Waals surface area (Å²) in [5.74, 6) is 0. The molecule has 0 bridgehead atoms. The minimum Gasteiger partial charge on any atom is -0.390 e. The highest BCUT2D eigenvalue weighted by Gasteiger charge is 2.00. The van der Waals surface area contributed by atoms with Crippen LogP contribution in [0.25, 0.3) is 0 Å². The van der Waals surface area contributed by atoms with E-state index in [2.05, 4.69) is 28.1 Å². The Morgan fingerprint density at radius 3 is 2.64 bits per heavy atom. The van der Waals surface area contributed by atoms with Gasteiger partial charge in [0.1, 0.15) is 0 Å².